The van der Waals surface area contributed by atoms with Crippen molar-refractivity contribution in [3.05, 3.63) is 69.7 Å². The van der Waals surface area contributed by atoms with Crippen molar-refractivity contribution in [2.75, 3.05) is 6.61 Å². The van der Waals surface area contributed by atoms with Crippen molar-refractivity contribution >= 4 is 21.9 Å². The molecule has 26 heavy (non-hydrogen) atoms. The predicted octanol–water partition coefficient (Wildman–Crippen LogP) is 4.43. The Morgan fingerprint density at radius 1 is 1.23 bits per heavy atom. The lowest BCUT2D eigenvalue weighted by atomic mass is 9.78. The Morgan fingerprint density at radius 3 is 2.58 bits per heavy atom. The molecular weight excluding hydrogens is 396 g/mol. The number of esters is 1. The van der Waals surface area contributed by atoms with Crippen LogP contribution in [0.1, 0.15) is 42.6 Å². The zero-order chi connectivity index (χ0) is 18.7. The number of benzene rings is 2. The van der Waals surface area contributed by atoms with Gasteiger partial charge in [0.05, 0.1) is 18.3 Å². The van der Waals surface area contributed by atoms with Crippen LogP contribution in [0, 0.1) is 6.92 Å². The molecule has 1 aliphatic heterocycles. The molecule has 0 bridgehead atoms. The van der Waals surface area contributed by atoms with E-state index in [0.717, 1.165) is 21.2 Å². The Kier molecular flexibility index (Phi) is 5.80. The molecule has 0 spiro atoms. The van der Waals surface area contributed by atoms with Gasteiger partial charge in [-0.05, 0) is 42.7 Å². The van der Waals surface area contributed by atoms with E-state index < -0.39 is 23.8 Å². The second-order valence-electron chi connectivity index (χ2n) is 6.67. The molecule has 1 saturated heterocycles. The fraction of sp³-hybridized carbons (Fsp3) is 0.381. The molecule has 1 heterocycles. The van der Waals surface area contributed by atoms with E-state index in [1.165, 1.54) is 0 Å². The van der Waals surface area contributed by atoms with Gasteiger partial charge < -0.3 is 14.6 Å². The predicted molar refractivity (Wildman–Crippen MR) is 103 cm³/mol. The first-order valence-electron chi connectivity index (χ1n) is 8.79. The molecule has 3 atom stereocenters. The Balaban J connectivity index is 1.97. The average molecular weight is 419 g/mol. The lowest BCUT2D eigenvalue weighted by molar-refractivity contribution is -0.187. The monoisotopic (exact) mass is 418 g/mol. The van der Waals surface area contributed by atoms with Gasteiger partial charge in [0, 0.05) is 17.3 Å². The van der Waals surface area contributed by atoms with Crippen LogP contribution in [0.5, 0.6) is 0 Å². The number of halogens is 1. The van der Waals surface area contributed by atoms with E-state index in [1.807, 2.05) is 55.5 Å². The highest BCUT2D eigenvalue weighted by atomic mass is 79.9. The summed E-state index contributed by atoms with van der Waals surface area (Å²) in [6.07, 6.45) is -0.628. The van der Waals surface area contributed by atoms with E-state index in [-0.39, 0.29) is 13.0 Å². The Hall–Kier alpha value is -1.69. The average Bonchev–Trinajstić information content (AvgIpc) is 2.62. The van der Waals surface area contributed by atoms with Crippen molar-refractivity contribution in [3.63, 3.8) is 0 Å². The van der Waals surface area contributed by atoms with Gasteiger partial charge in [0.2, 0.25) is 0 Å². The molecule has 0 radical (unpaired) electrons. The smallest absolute Gasteiger partial charge is 0.335 e. The molecule has 4 nitrogen and oxygen atoms in total. The van der Waals surface area contributed by atoms with Crippen LogP contribution >= 0.6 is 15.9 Å². The van der Waals surface area contributed by atoms with Gasteiger partial charge in [-0.25, -0.2) is 4.79 Å². The highest BCUT2D eigenvalue weighted by molar-refractivity contribution is 9.10. The summed E-state index contributed by atoms with van der Waals surface area (Å²) in [6, 6.07) is 15.5. The van der Waals surface area contributed by atoms with Crippen LogP contribution in [0.25, 0.3) is 0 Å². The Bertz CT molecular complexity index is 774. The molecule has 3 rings (SSSR count). The number of aliphatic hydroxyl groups is 1. The molecule has 0 amide bonds. The third-order valence-electron chi connectivity index (χ3n) is 4.81. The number of ether oxygens (including phenoxy) is 2. The maximum absolute atomic E-state index is 12.4. The topological polar surface area (TPSA) is 55.8 Å². The minimum atomic E-state index is -1.15. The van der Waals surface area contributed by atoms with E-state index >= 15 is 0 Å². The summed E-state index contributed by atoms with van der Waals surface area (Å²) in [5.74, 6) is -0.429. The normalized spacial score (nSPS) is 25.7. The SMILES string of the molecule is CCOC(=O)[C@@H]1C[C@](O)(c2ccccc2C)C[C@H](c2ccc(Br)cc2)O1. The van der Waals surface area contributed by atoms with Gasteiger partial charge in [0.1, 0.15) is 0 Å². The summed E-state index contributed by atoms with van der Waals surface area (Å²) in [6.45, 7) is 4.02. The van der Waals surface area contributed by atoms with Crippen LogP contribution in [0.15, 0.2) is 53.0 Å². The standard InChI is InChI=1S/C21H23BrO4/c1-3-25-20(23)19-13-21(24,17-7-5-4-6-14(17)2)12-18(26-19)15-8-10-16(22)11-9-15/h4-11,18-19,24H,3,12-13H2,1-2H3/t18-,19+,21+/m1/s1. The fourth-order valence-corrected chi connectivity index (χ4v) is 3.82. The van der Waals surface area contributed by atoms with Crippen molar-refractivity contribution in [3.8, 4) is 0 Å². The van der Waals surface area contributed by atoms with Crippen molar-refractivity contribution in [1.29, 1.82) is 0 Å². The molecule has 138 valence electrons. The van der Waals surface area contributed by atoms with Gasteiger partial charge in [0.25, 0.3) is 0 Å². The number of hydrogen-bond acceptors (Lipinski definition) is 4. The summed E-state index contributed by atoms with van der Waals surface area (Å²) >= 11 is 3.43. The van der Waals surface area contributed by atoms with Crippen molar-refractivity contribution in [2.45, 2.75) is 44.5 Å². The Morgan fingerprint density at radius 2 is 1.92 bits per heavy atom. The molecule has 5 heteroatoms. The van der Waals surface area contributed by atoms with Gasteiger partial charge >= 0.3 is 5.97 Å². The summed E-state index contributed by atoms with van der Waals surface area (Å²) < 4.78 is 12.2. The van der Waals surface area contributed by atoms with Crippen molar-refractivity contribution < 1.29 is 19.4 Å². The largest absolute Gasteiger partial charge is 0.464 e. The van der Waals surface area contributed by atoms with Gasteiger partial charge in [0.15, 0.2) is 6.10 Å². The zero-order valence-electron chi connectivity index (χ0n) is 14.9. The summed E-state index contributed by atoms with van der Waals surface area (Å²) in [4.78, 5) is 12.4. The maximum atomic E-state index is 12.4. The van der Waals surface area contributed by atoms with Crippen LogP contribution in [-0.4, -0.2) is 23.8 Å². The number of carbonyl (C=O) groups is 1. The molecule has 1 N–H and O–H groups in total. The van der Waals surface area contributed by atoms with Crippen LogP contribution in [-0.2, 0) is 19.9 Å². The van der Waals surface area contributed by atoms with Crippen molar-refractivity contribution in [1.82, 2.24) is 0 Å². The van der Waals surface area contributed by atoms with Gasteiger partial charge in [-0.2, -0.15) is 0 Å². The highest BCUT2D eigenvalue weighted by Crippen LogP contribution is 2.44. The van der Waals surface area contributed by atoms with Crippen LogP contribution in [0.2, 0.25) is 0 Å². The molecule has 2 aromatic carbocycles. The maximum Gasteiger partial charge on any atom is 0.335 e. The summed E-state index contributed by atoms with van der Waals surface area (Å²) in [7, 11) is 0. The second-order valence-corrected chi connectivity index (χ2v) is 7.59. The van der Waals surface area contributed by atoms with Crippen LogP contribution < -0.4 is 0 Å². The molecule has 0 aliphatic carbocycles. The van der Waals surface area contributed by atoms with Gasteiger partial charge in [-0.15, -0.1) is 0 Å². The molecule has 0 unspecified atom stereocenters. The zero-order valence-corrected chi connectivity index (χ0v) is 16.5. The first-order valence-corrected chi connectivity index (χ1v) is 9.58. The highest BCUT2D eigenvalue weighted by Gasteiger charge is 2.45. The van der Waals surface area contributed by atoms with Gasteiger partial charge in [-0.3, -0.25) is 0 Å². The van der Waals surface area contributed by atoms with Crippen molar-refractivity contribution in [2.24, 2.45) is 0 Å². The molecule has 0 saturated carbocycles. The second kappa shape index (κ2) is 7.91. The summed E-state index contributed by atoms with van der Waals surface area (Å²) in [5, 5.41) is 11.5. The molecular formula is C21H23BrO4. The van der Waals surface area contributed by atoms with E-state index in [0.29, 0.717) is 6.42 Å². The quantitative estimate of drug-likeness (QED) is 0.746. The van der Waals surface area contributed by atoms with Crippen LogP contribution in [0.4, 0.5) is 0 Å². The first-order chi connectivity index (χ1) is 12.4. The molecule has 2 aromatic rings. The summed E-state index contributed by atoms with van der Waals surface area (Å²) in [5.41, 5.74) is 1.60. The number of rotatable bonds is 4. The minimum Gasteiger partial charge on any atom is -0.464 e. The first kappa shape index (κ1) is 19.1. The minimum absolute atomic E-state index is 0.184. The van der Waals surface area contributed by atoms with Gasteiger partial charge in [-0.1, -0.05) is 52.3 Å². The lowest BCUT2D eigenvalue weighted by Crippen LogP contribution is -2.44. The number of aryl methyl sites for hydroxylation is 1. The van der Waals surface area contributed by atoms with E-state index in [4.69, 9.17) is 9.47 Å². The lowest BCUT2D eigenvalue weighted by Gasteiger charge is -2.41. The fourth-order valence-electron chi connectivity index (χ4n) is 3.55. The van der Waals surface area contributed by atoms with E-state index in [1.54, 1.807) is 6.92 Å². The Labute approximate surface area is 162 Å². The van der Waals surface area contributed by atoms with Crippen LogP contribution in [0.3, 0.4) is 0 Å². The molecule has 0 aromatic heterocycles. The molecule has 1 aliphatic rings. The third kappa shape index (κ3) is 4.00. The third-order valence-corrected chi connectivity index (χ3v) is 5.34. The number of hydrogen-bond donors (Lipinski definition) is 1. The number of carbonyl (C=O) groups excluding carboxylic acids is 1. The molecule has 1 fully saturated rings. The van der Waals surface area contributed by atoms with E-state index in [2.05, 4.69) is 15.9 Å². The van der Waals surface area contributed by atoms with E-state index in [9.17, 15) is 9.90 Å².